The number of carbonyl (C=O) groups is 2. The minimum atomic E-state index is -0.162. The zero-order chi connectivity index (χ0) is 25.1. The van der Waals surface area contributed by atoms with Gasteiger partial charge in [-0.05, 0) is 50.2 Å². The van der Waals surface area contributed by atoms with Gasteiger partial charge in [-0.2, -0.15) is 0 Å². The van der Waals surface area contributed by atoms with Crippen molar-refractivity contribution in [2.24, 2.45) is 0 Å². The topological polar surface area (TPSA) is 80.1 Å². The van der Waals surface area contributed by atoms with Crippen molar-refractivity contribution in [2.75, 3.05) is 10.7 Å². The number of aryl methyl sites for hydroxylation is 1. The molecule has 0 saturated heterocycles. The van der Waals surface area contributed by atoms with E-state index in [0.717, 1.165) is 26.7 Å². The Morgan fingerprint density at radius 1 is 0.917 bits per heavy atom. The highest BCUT2D eigenvalue weighted by Gasteiger charge is 2.28. The number of thioether (sulfide) groups is 1. The number of aromatic nitrogens is 3. The minimum Gasteiger partial charge on any atom is -0.345 e. The molecule has 0 atom stereocenters. The highest BCUT2D eigenvalue weighted by Crippen LogP contribution is 2.48. The lowest BCUT2D eigenvalue weighted by Crippen LogP contribution is -2.30. The molecule has 36 heavy (non-hydrogen) atoms. The van der Waals surface area contributed by atoms with Crippen molar-refractivity contribution >= 4 is 46.7 Å². The summed E-state index contributed by atoms with van der Waals surface area (Å²) in [4.78, 5) is 29.9. The van der Waals surface area contributed by atoms with Crippen LogP contribution in [0.5, 0.6) is 0 Å². The average molecular weight is 516 g/mol. The zero-order valence-corrected chi connectivity index (χ0v) is 21.6. The number of nitrogens with one attached hydrogen (secondary N) is 1. The van der Waals surface area contributed by atoms with Crippen molar-refractivity contribution in [1.82, 2.24) is 20.1 Å². The van der Waals surface area contributed by atoms with Gasteiger partial charge in [0, 0.05) is 21.9 Å². The normalized spacial score (nSPS) is 12.1. The van der Waals surface area contributed by atoms with E-state index in [4.69, 9.17) is 0 Å². The first kappa shape index (κ1) is 24.1. The average Bonchev–Trinajstić information content (AvgIpc) is 3.31. The van der Waals surface area contributed by atoms with Gasteiger partial charge in [0.15, 0.2) is 11.0 Å². The van der Waals surface area contributed by atoms with E-state index in [1.807, 2.05) is 79.1 Å². The van der Waals surface area contributed by atoms with Gasteiger partial charge in [0.2, 0.25) is 5.91 Å². The number of fused-ring (bicyclic) bond motifs is 2. The van der Waals surface area contributed by atoms with Gasteiger partial charge in [0.05, 0.1) is 23.7 Å². The maximum Gasteiger partial charge on any atom is 0.251 e. The van der Waals surface area contributed by atoms with Crippen molar-refractivity contribution in [3.63, 3.8) is 0 Å². The standard InChI is InChI=1S/C27H25N5O2S2/c1-3-31-24(16-28-26(34)19-14-12-18(2)13-15-19)29-30-27(31)35-17-25(33)32-20-8-4-6-10-22(20)36-23-11-7-5-9-21(23)32/h4-15H,3,16-17H2,1-2H3,(H,28,34). The molecule has 1 aliphatic heterocycles. The molecule has 9 heteroatoms. The van der Waals surface area contributed by atoms with Gasteiger partial charge < -0.3 is 9.88 Å². The fourth-order valence-electron chi connectivity index (χ4n) is 4.00. The predicted octanol–water partition coefficient (Wildman–Crippen LogP) is 5.46. The third-order valence-electron chi connectivity index (χ3n) is 5.84. The lowest BCUT2D eigenvalue weighted by atomic mass is 10.1. The Labute approximate surface area is 218 Å². The van der Waals surface area contributed by atoms with Gasteiger partial charge in [0.1, 0.15) is 0 Å². The molecular formula is C27H25N5O2S2. The van der Waals surface area contributed by atoms with Gasteiger partial charge in [-0.15, -0.1) is 10.2 Å². The first-order valence-corrected chi connectivity index (χ1v) is 13.4. The van der Waals surface area contributed by atoms with Crippen molar-refractivity contribution < 1.29 is 9.59 Å². The van der Waals surface area contributed by atoms with E-state index >= 15 is 0 Å². The molecule has 7 nitrogen and oxygen atoms in total. The van der Waals surface area contributed by atoms with Gasteiger partial charge in [-0.1, -0.05) is 65.5 Å². The molecule has 1 aliphatic rings. The summed E-state index contributed by atoms with van der Waals surface area (Å²) >= 11 is 3.03. The SMILES string of the molecule is CCn1c(CNC(=O)c2ccc(C)cc2)nnc1SCC(=O)N1c2ccccc2Sc2ccccc21. The molecule has 0 aliphatic carbocycles. The van der Waals surface area contributed by atoms with Crippen LogP contribution in [0, 0.1) is 6.92 Å². The fraction of sp³-hybridized carbons (Fsp3) is 0.185. The summed E-state index contributed by atoms with van der Waals surface area (Å²) in [6, 6.07) is 23.3. The van der Waals surface area contributed by atoms with Crippen molar-refractivity contribution in [3.8, 4) is 0 Å². The largest absolute Gasteiger partial charge is 0.345 e. The zero-order valence-electron chi connectivity index (χ0n) is 20.0. The molecule has 0 bridgehead atoms. The summed E-state index contributed by atoms with van der Waals surface area (Å²) in [6.07, 6.45) is 0. The maximum atomic E-state index is 13.5. The van der Waals surface area contributed by atoms with Crippen LogP contribution in [0.25, 0.3) is 0 Å². The van der Waals surface area contributed by atoms with Crippen LogP contribution in [0.4, 0.5) is 11.4 Å². The summed E-state index contributed by atoms with van der Waals surface area (Å²) in [5, 5.41) is 12.1. The molecule has 2 amide bonds. The van der Waals surface area contributed by atoms with Gasteiger partial charge in [-0.3, -0.25) is 14.5 Å². The second-order valence-electron chi connectivity index (χ2n) is 8.25. The van der Waals surface area contributed by atoms with Crippen molar-refractivity contribution in [2.45, 2.75) is 41.9 Å². The second-order valence-corrected chi connectivity index (χ2v) is 10.3. The minimum absolute atomic E-state index is 0.0277. The summed E-state index contributed by atoms with van der Waals surface area (Å²) in [7, 11) is 0. The number of benzene rings is 3. The summed E-state index contributed by atoms with van der Waals surface area (Å²) < 4.78 is 1.93. The molecular weight excluding hydrogens is 490 g/mol. The third kappa shape index (κ3) is 4.89. The van der Waals surface area contributed by atoms with Crippen LogP contribution in [0.2, 0.25) is 0 Å². The van der Waals surface area contributed by atoms with Gasteiger partial charge >= 0.3 is 0 Å². The van der Waals surface area contributed by atoms with Crippen LogP contribution in [0.15, 0.2) is 87.7 Å². The molecule has 0 fully saturated rings. The molecule has 1 N–H and O–H groups in total. The lowest BCUT2D eigenvalue weighted by Gasteiger charge is -2.30. The third-order valence-corrected chi connectivity index (χ3v) is 7.92. The molecule has 0 radical (unpaired) electrons. The Kier molecular flexibility index (Phi) is 7.11. The second kappa shape index (κ2) is 10.6. The Morgan fingerprint density at radius 2 is 1.56 bits per heavy atom. The Hall–Kier alpha value is -3.56. The van der Waals surface area contributed by atoms with Crippen LogP contribution < -0.4 is 10.2 Å². The molecule has 0 unspecified atom stereocenters. The molecule has 182 valence electrons. The Morgan fingerprint density at radius 3 is 2.19 bits per heavy atom. The number of amides is 2. The smallest absolute Gasteiger partial charge is 0.251 e. The van der Waals surface area contributed by atoms with Crippen LogP contribution in [-0.4, -0.2) is 32.3 Å². The summed E-state index contributed by atoms with van der Waals surface area (Å²) in [6.45, 7) is 4.86. The molecule has 0 saturated carbocycles. The summed E-state index contributed by atoms with van der Waals surface area (Å²) in [5.41, 5.74) is 3.49. The molecule has 4 aromatic rings. The monoisotopic (exact) mass is 515 g/mol. The van der Waals surface area contributed by atoms with E-state index in [0.29, 0.717) is 23.1 Å². The first-order valence-electron chi connectivity index (χ1n) is 11.6. The van der Waals surface area contributed by atoms with E-state index in [2.05, 4.69) is 15.5 Å². The Balaban J connectivity index is 1.28. The number of hydrogen-bond acceptors (Lipinski definition) is 6. The highest BCUT2D eigenvalue weighted by molar-refractivity contribution is 8.00. The highest BCUT2D eigenvalue weighted by atomic mass is 32.2. The molecule has 2 heterocycles. The number of rotatable bonds is 7. The number of carbonyl (C=O) groups excluding carboxylic acids is 2. The molecule has 1 aromatic heterocycles. The van der Waals surface area contributed by atoms with Gasteiger partial charge in [0.25, 0.3) is 5.91 Å². The molecule has 0 spiro atoms. The van der Waals surface area contributed by atoms with Crippen LogP contribution in [0.1, 0.15) is 28.7 Å². The van der Waals surface area contributed by atoms with Crippen molar-refractivity contribution in [1.29, 1.82) is 0 Å². The van der Waals surface area contributed by atoms with Crippen LogP contribution in [0.3, 0.4) is 0 Å². The summed E-state index contributed by atoms with van der Waals surface area (Å²) in [5.74, 6) is 0.671. The van der Waals surface area contributed by atoms with E-state index in [1.54, 1.807) is 28.8 Å². The van der Waals surface area contributed by atoms with Gasteiger partial charge in [-0.25, -0.2) is 0 Å². The molecule has 3 aromatic carbocycles. The van der Waals surface area contributed by atoms with E-state index in [-0.39, 0.29) is 24.1 Å². The lowest BCUT2D eigenvalue weighted by molar-refractivity contribution is -0.115. The van der Waals surface area contributed by atoms with Crippen LogP contribution in [-0.2, 0) is 17.9 Å². The van der Waals surface area contributed by atoms with E-state index in [1.165, 1.54) is 11.8 Å². The number of hydrogen-bond donors (Lipinski definition) is 1. The fourth-order valence-corrected chi connectivity index (χ4v) is 5.93. The van der Waals surface area contributed by atoms with E-state index < -0.39 is 0 Å². The number of para-hydroxylation sites is 2. The maximum absolute atomic E-state index is 13.5. The first-order chi connectivity index (χ1) is 17.5. The number of anilines is 2. The predicted molar refractivity (Wildman–Crippen MR) is 143 cm³/mol. The quantitative estimate of drug-likeness (QED) is 0.329. The molecule has 5 rings (SSSR count). The Bertz CT molecular complexity index is 1370. The van der Waals surface area contributed by atoms with Crippen LogP contribution >= 0.6 is 23.5 Å². The van der Waals surface area contributed by atoms with Crippen molar-refractivity contribution in [3.05, 3.63) is 89.7 Å². The number of nitrogens with zero attached hydrogens (tertiary/aromatic N) is 4. The van der Waals surface area contributed by atoms with E-state index in [9.17, 15) is 9.59 Å².